The molecule has 84 valence electrons. The molecular weight excluding hydrogens is 172 g/mol. The van der Waals surface area contributed by atoms with Gasteiger partial charge in [0.2, 0.25) is 0 Å². The first kappa shape index (κ1) is 12.0. The van der Waals surface area contributed by atoms with Gasteiger partial charge in [0.15, 0.2) is 0 Å². The topological polar surface area (TPSA) is 15.3 Å². The van der Waals surface area contributed by atoms with E-state index < -0.39 is 0 Å². The molecule has 0 saturated carbocycles. The third-order valence-corrected chi connectivity index (χ3v) is 3.24. The van der Waals surface area contributed by atoms with E-state index in [-0.39, 0.29) is 0 Å². The lowest BCUT2D eigenvalue weighted by molar-refractivity contribution is 0.207. The smallest absolute Gasteiger partial charge is 0.00248 e. The largest absolute Gasteiger partial charge is 0.316 e. The van der Waals surface area contributed by atoms with Crippen LogP contribution in [-0.4, -0.2) is 37.6 Å². The molecule has 2 nitrogen and oxygen atoms in total. The van der Waals surface area contributed by atoms with Crippen LogP contribution in [0.25, 0.3) is 0 Å². The second kappa shape index (κ2) is 5.72. The molecule has 1 rings (SSSR count). The summed E-state index contributed by atoms with van der Waals surface area (Å²) in [7, 11) is 0. The molecule has 0 spiro atoms. The summed E-state index contributed by atoms with van der Waals surface area (Å²) in [5.74, 6) is 2.52. The number of nitrogens with zero attached hydrogens (tertiary/aromatic N) is 1. The monoisotopic (exact) mass is 198 g/mol. The van der Waals surface area contributed by atoms with Gasteiger partial charge in [-0.15, -0.1) is 0 Å². The number of rotatable bonds is 5. The molecule has 2 heteroatoms. The maximum Gasteiger partial charge on any atom is 0.00248 e. The summed E-state index contributed by atoms with van der Waals surface area (Å²) < 4.78 is 0. The van der Waals surface area contributed by atoms with Crippen molar-refractivity contribution in [2.24, 2.45) is 17.8 Å². The van der Waals surface area contributed by atoms with Gasteiger partial charge in [-0.3, -0.25) is 0 Å². The Bertz CT molecular complexity index is 156. The molecule has 0 bridgehead atoms. The Kier molecular flexibility index (Phi) is 4.90. The first-order valence-corrected chi connectivity index (χ1v) is 6.06. The Morgan fingerprint density at radius 2 is 2.07 bits per heavy atom. The van der Waals surface area contributed by atoms with Crippen LogP contribution in [0.2, 0.25) is 0 Å². The first-order chi connectivity index (χ1) is 6.63. The van der Waals surface area contributed by atoms with Crippen molar-refractivity contribution in [3.8, 4) is 0 Å². The van der Waals surface area contributed by atoms with Crippen LogP contribution in [0.3, 0.4) is 0 Å². The molecule has 1 heterocycles. The fourth-order valence-corrected chi connectivity index (χ4v) is 2.29. The molecule has 0 aromatic carbocycles. The van der Waals surface area contributed by atoms with Crippen molar-refractivity contribution in [3.05, 3.63) is 0 Å². The molecule has 1 saturated heterocycles. The third-order valence-electron chi connectivity index (χ3n) is 3.24. The van der Waals surface area contributed by atoms with E-state index in [1.807, 2.05) is 0 Å². The molecule has 14 heavy (non-hydrogen) atoms. The second-order valence-electron chi connectivity index (χ2n) is 5.14. The average molecular weight is 198 g/mol. The molecule has 0 aromatic rings. The highest BCUT2D eigenvalue weighted by atomic mass is 15.1. The van der Waals surface area contributed by atoms with Gasteiger partial charge in [-0.1, -0.05) is 27.7 Å². The zero-order chi connectivity index (χ0) is 10.6. The molecular formula is C12H26N2. The fourth-order valence-electron chi connectivity index (χ4n) is 2.29. The van der Waals surface area contributed by atoms with Crippen molar-refractivity contribution in [2.45, 2.75) is 27.7 Å². The molecule has 0 amide bonds. The second-order valence-corrected chi connectivity index (χ2v) is 5.14. The van der Waals surface area contributed by atoms with Gasteiger partial charge in [0, 0.05) is 13.1 Å². The van der Waals surface area contributed by atoms with E-state index in [0.717, 1.165) is 17.8 Å². The average Bonchev–Trinajstić information content (AvgIpc) is 2.50. The van der Waals surface area contributed by atoms with Gasteiger partial charge in [0.1, 0.15) is 0 Å². The van der Waals surface area contributed by atoms with E-state index in [4.69, 9.17) is 0 Å². The van der Waals surface area contributed by atoms with Crippen LogP contribution in [-0.2, 0) is 0 Å². The summed E-state index contributed by atoms with van der Waals surface area (Å²) in [5, 5.41) is 3.48. The van der Waals surface area contributed by atoms with Crippen molar-refractivity contribution in [1.29, 1.82) is 0 Å². The standard InChI is InChI=1S/C12H26N2/c1-5-14(8-10(2)3)9-12-7-13-6-11(12)4/h10-13H,5-9H2,1-4H3. The maximum atomic E-state index is 3.48. The highest BCUT2D eigenvalue weighted by Gasteiger charge is 2.24. The molecule has 0 aromatic heterocycles. The Morgan fingerprint density at radius 3 is 2.50 bits per heavy atom. The zero-order valence-corrected chi connectivity index (χ0v) is 10.2. The SMILES string of the molecule is CCN(CC(C)C)CC1CNCC1C. The molecule has 1 fully saturated rings. The van der Waals surface area contributed by atoms with Crippen LogP contribution in [0.15, 0.2) is 0 Å². The van der Waals surface area contributed by atoms with Gasteiger partial charge < -0.3 is 10.2 Å². The quantitative estimate of drug-likeness (QED) is 0.725. The van der Waals surface area contributed by atoms with Crippen LogP contribution in [0.5, 0.6) is 0 Å². The molecule has 2 atom stereocenters. The Hall–Kier alpha value is -0.0800. The summed E-state index contributed by atoms with van der Waals surface area (Å²) in [6.45, 7) is 15.4. The number of hydrogen-bond donors (Lipinski definition) is 1. The molecule has 1 aliphatic rings. The summed E-state index contributed by atoms with van der Waals surface area (Å²) in [4.78, 5) is 2.60. The van der Waals surface area contributed by atoms with Gasteiger partial charge >= 0.3 is 0 Å². The lowest BCUT2D eigenvalue weighted by Gasteiger charge is -2.27. The summed E-state index contributed by atoms with van der Waals surface area (Å²) in [6, 6.07) is 0. The van der Waals surface area contributed by atoms with Crippen molar-refractivity contribution < 1.29 is 0 Å². The predicted octanol–water partition coefficient (Wildman–Crippen LogP) is 1.82. The van der Waals surface area contributed by atoms with E-state index >= 15 is 0 Å². The van der Waals surface area contributed by atoms with Crippen LogP contribution >= 0.6 is 0 Å². The van der Waals surface area contributed by atoms with Gasteiger partial charge in [-0.05, 0) is 37.4 Å². The highest BCUT2D eigenvalue weighted by Crippen LogP contribution is 2.17. The fraction of sp³-hybridized carbons (Fsp3) is 1.00. The van der Waals surface area contributed by atoms with E-state index in [1.54, 1.807) is 0 Å². The lowest BCUT2D eigenvalue weighted by atomic mass is 9.97. The summed E-state index contributed by atoms with van der Waals surface area (Å²) in [6.07, 6.45) is 0. The van der Waals surface area contributed by atoms with E-state index in [0.29, 0.717) is 0 Å². The van der Waals surface area contributed by atoms with Crippen LogP contribution in [0.4, 0.5) is 0 Å². The van der Waals surface area contributed by atoms with Crippen molar-refractivity contribution >= 4 is 0 Å². The van der Waals surface area contributed by atoms with Gasteiger partial charge in [-0.2, -0.15) is 0 Å². The predicted molar refractivity (Wildman–Crippen MR) is 62.5 cm³/mol. The van der Waals surface area contributed by atoms with Crippen molar-refractivity contribution in [3.63, 3.8) is 0 Å². The maximum absolute atomic E-state index is 3.48. The minimum atomic E-state index is 0.791. The molecule has 1 aliphatic heterocycles. The minimum Gasteiger partial charge on any atom is -0.316 e. The van der Waals surface area contributed by atoms with Crippen molar-refractivity contribution in [2.75, 3.05) is 32.7 Å². The van der Waals surface area contributed by atoms with Crippen molar-refractivity contribution in [1.82, 2.24) is 10.2 Å². The highest BCUT2D eigenvalue weighted by molar-refractivity contribution is 4.80. The molecule has 2 unspecified atom stereocenters. The van der Waals surface area contributed by atoms with Gasteiger partial charge in [0.25, 0.3) is 0 Å². The van der Waals surface area contributed by atoms with Gasteiger partial charge in [-0.25, -0.2) is 0 Å². The zero-order valence-electron chi connectivity index (χ0n) is 10.2. The first-order valence-electron chi connectivity index (χ1n) is 6.06. The van der Waals surface area contributed by atoms with E-state index in [9.17, 15) is 0 Å². The molecule has 0 aliphatic carbocycles. The summed E-state index contributed by atoms with van der Waals surface area (Å²) in [5.41, 5.74) is 0. The molecule has 1 N–H and O–H groups in total. The Balaban J connectivity index is 2.31. The normalized spacial score (nSPS) is 27.9. The molecule has 0 radical (unpaired) electrons. The van der Waals surface area contributed by atoms with Crippen LogP contribution in [0.1, 0.15) is 27.7 Å². The Morgan fingerprint density at radius 1 is 1.36 bits per heavy atom. The van der Waals surface area contributed by atoms with Gasteiger partial charge in [0.05, 0.1) is 0 Å². The lowest BCUT2D eigenvalue weighted by Crippen LogP contribution is -2.34. The minimum absolute atomic E-state index is 0.791. The number of hydrogen-bond acceptors (Lipinski definition) is 2. The number of nitrogens with one attached hydrogen (secondary N) is 1. The van der Waals surface area contributed by atoms with E-state index in [1.165, 1.54) is 32.7 Å². The Labute approximate surface area is 89.1 Å². The van der Waals surface area contributed by atoms with E-state index in [2.05, 4.69) is 37.9 Å². The van der Waals surface area contributed by atoms with Crippen LogP contribution in [0, 0.1) is 17.8 Å². The summed E-state index contributed by atoms with van der Waals surface area (Å²) >= 11 is 0. The van der Waals surface area contributed by atoms with Crippen LogP contribution < -0.4 is 5.32 Å². The third kappa shape index (κ3) is 3.58.